The van der Waals surface area contributed by atoms with Crippen molar-refractivity contribution in [2.45, 2.75) is 40.0 Å². The Labute approximate surface area is 212 Å². The Morgan fingerprint density at radius 3 is 2.31 bits per heavy atom. The minimum absolute atomic E-state index is 0.0505. The first kappa shape index (κ1) is 25.2. The molecule has 1 N–H and O–H groups in total. The van der Waals surface area contributed by atoms with Gasteiger partial charge in [-0.1, -0.05) is 89.2 Å². The minimum atomic E-state index is -0.262. The molecule has 0 aliphatic heterocycles. The van der Waals surface area contributed by atoms with E-state index >= 15 is 0 Å². The van der Waals surface area contributed by atoms with Crippen LogP contribution in [0.2, 0.25) is 0 Å². The van der Waals surface area contributed by atoms with Gasteiger partial charge in [0.25, 0.3) is 5.91 Å². The Bertz CT molecular complexity index is 1360. The van der Waals surface area contributed by atoms with Crippen LogP contribution in [0, 0.1) is 5.92 Å². The van der Waals surface area contributed by atoms with Gasteiger partial charge in [0.15, 0.2) is 0 Å². The normalized spacial score (nSPS) is 11.6. The van der Waals surface area contributed by atoms with Crippen molar-refractivity contribution in [2.75, 3.05) is 18.4 Å². The molecule has 0 saturated heterocycles. The van der Waals surface area contributed by atoms with Gasteiger partial charge in [0.05, 0.1) is 11.4 Å². The van der Waals surface area contributed by atoms with Crippen LogP contribution in [0.5, 0.6) is 0 Å². The van der Waals surface area contributed by atoms with Gasteiger partial charge in [0, 0.05) is 23.6 Å². The molecule has 0 fully saturated rings. The summed E-state index contributed by atoms with van der Waals surface area (Å²) >= 11 is 0. The number of hydrogen-bond acceptors (Lipinski definition) is 3. The zero-order valence-electron chi connectivity index (χ0n) is 21.7. The molecular weight excluding hydrogens is 448 g/mol. The summed E-state index contributed by atoms with van der Waals surface area (Å²) in [6.07, 6.45) is 0. The molecule has 4 rings (SSSR count). The zero-order chi connectivity index (χ0) is 25.9. The SMILES string of the molecule is CC(C)CN(CC(=O)Nc1cc(C(C)(C)C)nn1-c1ccccc1)C(=O)c1cccc2ccccc12. The van der Waals surface area contributed by atoms with Crippen LogP contribution >= 0.6 is 0 Å². The average Bonchev–Trinajstić information content (AvgIpc) is 3.27. The Kier molecular flexibility index (Phi) is 7.25. The van der Waals surface area contributed by atoms with Crippen LogP contribution in [0.3, 0.4) is 0 Å². The third-order valence-corrected chi connectivity index (χ3v) is 5.97. The van der Waals surface area contributed by atoms with Gasteiger partial charge < -0.3 is 10.2 Å². The predicted octanol–water partition coefficient (Wildman–Crippen LogP) is 6.06. The molecule has 0 aliphatic rings. The van der Waals surface area contributed by atoms with E-state index in [9.17, 15) is 9.59 Å². The molecule has 0 aliphatic carbocycles. The number of nitrogens with one attached hydrogen (secondary N) is 1. The highest BCUT2D eigenvalue weighted by Crippen LogP contribution is 2.26. The van der Waals surface area contributed by atoms with Crippen molar-refractivity contribution in [2.24, 2.45) is 5.92 Å². The van der Waals surface area contributed by atoms with E-state index in [1.165, 1.54) is 0 Å². The molecule has 0 unspecified atom stereocenters. The monoisotopic (exact) mass is 482 g/mol. The minimum Gasteiger partial charge on any atom is -0.329 e. The highest BCUT2D eigenvalue weighted by molar-refractivity contribution is 6.08. The number of fused-ring (bicyclic) bond motifs is 1. The standard InChI is InChI=1S/C30H34N4O2/c1-21(2)19-33(29(36)25-17-11-13-22-12-9-10-16-24(22)25)20-28(35)31-27-18-26(30(3,4)5)32-34(27)23-14-7-6-8-15-23/h6-18,21H,19-20H2,1-5H3,(H,31,35). The van der Waals surface area contributed by atoms with E-state index in [-0.39, 0.29) is 29.7 Å². The van der Waals surface area contributed by atoms with Crippen molar-refractivity contribution in [3.8, 4) is 5.69 Å². The quantitative estimate of drug-likeness (QED) is 0.348. The second-order valence-corrected chi connectivity index (χ2v) is 10.6. The first-order chi connectivity index (χ1) is 17.1. The van der Waals surface area contributed by atoms with E-state index < -0.39 is 0 Å². The summed E-state index contributed by atoms with van der Waals surface area (Å²) in [6.45, 7) is 10.8. The van der Waals surface area contributed by atoms with Crippen molar-refractivity contribution in [3.63, 3.8) is 0 Å². The molecule has 6 nitrogen and oxygen atoms in total. The number of carbonyl (C=O) groups excluding carboxylic acids is 2. The maximum Gasteiger partial charge on any atom is 0.254 e. The number of carbonyl (C=O) groups is 2. The van der Waals surface area contributed by atoms with Crippen LogP contribution in [0.4, 0.5) is 5.82 Å². The summed E-state index contributed by atoms with van der Waals surface area (Å²) < 4.78 is 1.75. The predicted molar refractivity (Wildman–Crippen MR) is 146 cm³/mol. The fourth-order valence-corrected chi connectivity index (χ4v) is 4.20. The fourth-order valence-electron chi connectivity index (χ4n) is 4.20. The second-order valence-electron chi connectivity index (χ2n) is 10.6. The Morgan fingerprint density at radius 2 is 1.61 bits per heavy atom. The summed E-state index contributed by atoms with van der Waals surface area (Å²) in [5, 5.41) is 9.67. The maximum absolute atomic E-state index is 13.6. The first-order valence-corrected chi connectivity index (χ1v) is 12.4. The lowest BCUT2D eigenvalue weighted by atomic mass is 9.92. The van der Waals surface area contributed by atoms with Crippen molar-refractivity contribution in [1.82, 2.24) is 14.7 Å². The Balaban J connectivity index is 1.62. The van der Waals surface area contributed by atoms with Crippen LogP contribution in [-0.2, 0) is 10.2 Å². The third kappa shape index (κ3) is 5.65. The number of hydrogen-bond donors (Lipinski definition) is 1. The molecule has 1 heterocycles. The highest BCUT2D eigenvalue weighted by Gasteiger charge is 2.24. The van der Waals surface area contributed by atoms with Gasteiger partial charge in [-0.2, -0.15) is 5.10 Å². The second kappa shape index (κ2) is 10.4. The van der Waals surface area contributed by atoms with Crippen LogP contribution in [-0.4, -0.2) is 39.6 Å². The van der Waals surface area contributed by atoms with Crippen molar-refractivity contribution >= 4 is 28.4 Å². The van der Waals surface area contributed by atoms with Gasteiger partial charge >= 0.3 is 0 Å². The van der Waals surface area contributed by atoms with Gasteiger partial charge in [-0.15, -0.1) is 0 Å². The molecule has 0 spiro atoms. The van der Waals surface area contributed by atoms with Gasteiger partial charge in [0.2, 0.25) is 5.91 Å². The van der Waals surface area contributed by atoms with Crippen molar-refractivity contribution in [3.05, 3.63) is 90.1 Å². The van der Waals surface area contributed by atoms with E-state index in [4.69, 9.17) is 5.10 Å². The van der Waals surface area contributed by atoms with E-state index in [0.29, 0.717) is 17.9 Å². The molecule has 0 radical (unpaired) electrons. The molecule has 186 valence electrons. The number of benzene rings is 3. The molecule has 36 heavy (non-hydrogen) atoms. The number of nitrogens with zero attached hydrogens (tertiary/aromatic N) is 3. The number of anilines is 1. The summed E-state index contributed by atoms with van der Waals surface area (Å²) in [4.78, 5) is 28.6. The molecular formula is C30H34N4O2. The van der Waals surface area contributed by atoms with Crippen molar-refractivity contribution < 1.29 is 9.59 Å². The van der Waals surface area contributed by atoms with E-state index in [2.05, 4.69) is 26.1 Å². The third-order valence-electron chi connectivity index (χ3n) is 5.97. The summed E-state index contributed by atoms with van der Waals surface area (Å²) in [5.41, 5.74) is 2.14. The topological polar surface area (TPSA) is 67.2 Å². The van der Waals surface area contributed by atoms with Gasteiger partial charge in [-0.3, -0.25) is 9.59 Å². The lowest BCUT2D eigenvalue weighted by molar-refractivity contribution is -0.117. The Hall–Kier alpha value is -3.93. The number of rotatable bonds is 7. The van der Waals surface area contributed by atoms with Crippen molar-refractivity contribution in [1.29, 1.82) is 0 Å². The largest absolute Gasteiger partial charge is 0.329 e. The molecule has 6 heteroatoms. The number of aromatic nitrogens is 2. The van der Waals surface area contributed by atoms with Crippen LogP contribution in [0.25, 0.3) is 16.5 Å². The highest BCUT2D eigenvalue weighted by atomic mass is 16.2. The van der Waals surface area contributed by atoms with Gasteiger partial charge in [0.1, 0.15) is 12.4 Å². The van der Waals surface area contributed by atoms with Crippen LogP contribution < -0.4 is 5.32 Å². The molecule has 0 atom stereocenters. The first-order valence-electron chi connectivity index (χ1n) is 12.4. The average molecular weight is 483 g/mol. The van der Waals surface area contributed by atoms with E-state index in [0.717, 1.165) is 22.2 Å². The lowest BCUT2D eigenvalue weighted by Crippen LogP contribution is -2.40. The summed E-state index contributed by atoms with van der Waals surface area (Å²) in [7, 11) is 0. The smallest absolute Gasteiger partial charge is 0.254 e. The lowest BCUT2D eigenvalue weighted by Gasteiger charge is -2.25. The fraction of sp³-hybridized carbons (Fsp3) is 0.300. The van der Waals surface area contributed by atoms with E-state index in [1.54, 1.807) is 9.58 Å². The van der Waals surface area contributed by atoms with Crippen LogP contribution in [0.1, 0.15) is 50.7 Å². The number of amides is 2. The molecule has 3 aromatic carbocycles. The summed E-state index contributed by atoms with van der Waals surface area (Å²) in [6, 6.07) is 25.1. The maximum atomic E-state index is 13.6. The summed E-state index contributed by atoms with van der Waals surface area (Å²) in [5.74, 6) is 0.377. The molecule has 0 bridgehead atoms. The number of para-hydroxylation sites is 1. The van der Waals surface area contributed by atoms with Gasteiger partial charge in [-0.25, -0.2) is 4.68 Å². The molecule has 4 aromatic rings. The Morgan fingerprint density at radius 1 is 0.944 bits per heavy atom. The molecule has 0 saturated carbocycles. The zero-order valence-corrected chi connectivity index (χ0v) is 21.7. The molecule has 1 aromatic heterocycles. The van der Waals surface area contributed by atoms with E-state index in [1.807, 2.05) is 92.7 Å². The van der Waals surface area contributed by atoms with Gasteiger partial charge in [-0.05, 0) is 34.9 Å². The van der Waals surface area contributed by atoms with Crippen LogP contribution in [0.15, 0.2) is 78.9 Å². The molecule has 2 amide bonds.